The van der Waals surface area contributed by atoms with E-state index in [1.807, 2.05) is 20.8 Å². The van der Waals surface area contributed by atoms with Crippen molar-refractivity contribution in [1.82, 2.24) is 10.6 Å². The summed E-state index contributed by atoms with van der Waals surface area (Å²) < 4.78 is 0. The molecule has 0 saturated carbocycles. The number of hydrogen-bond donors (Lipinski definition) is 2. The molecule has 0 spiro atoms. The first-order chi connectivity index (χ1) is 13.1. The van der Waals surface area contributed by atoms with Gasteiger partial charge in [-0.2, -0.15) is 0 Å². The number of carbonyl (C=O) groups is 2. The van der Waals surface area contributed by atoms with Crippen molar-refractivity contribution >= 4 is 11.8 Å². The molecule has 0 radical (unpaired) electrons. The number of rotatable bonds is 13. The lowest BCUT2D eigenvalue weighted by molar-refractivity contribution is -0.123. The molecule has 0 aliphatic carbocycles. The normalized spacial score (nSPS) is 17.6. The van der Waals surface area contributed by atoms with E-state index in [2.05, 4.69) is 66.0 Å². The zero-order chi connectivity index (χ0) is 22.9. The fourth-order valence-corrected chi connectivity index (χ4v) is 4.07. The highest BCUT2D eigenvalue weighted by atomic mass is 16.2. The molecule has 5 unspecified atom stereocenters. The Morgan fingerprint density at radius 1 is 0.759 bits per heavy atom. The molecule has 29 heavy (non-hydrogen) atoms. The van der Waals surface area contributed by atoms with E-state index in [9.17, 15) is 9.59 Å². The average molecular weight is 411 g/mol. The molecule has 0 rings (SSSR count). The largest absolute Gasteiger partial charge is 0.354 e. The summed E-state index contributed by atoms with van der Waals surface area (Å²) in [4.78, 5) is 24.9. The second-order valence-corrected chi connectivity index (χ2v) is 11.2. The summed E-state index contributed by atoms with van der Waals surface area (Å²) in [5.74, 6) is 3.33. The number of nitrogens with one attached hydrogen (secondary N) is 2. The first-order valence-corrected chi connectivity index (χ1v) is 11.7. The Hall–Kier alpha value is -1.06. The maximum atomic E-state index is 12.5. The van der Waals surface area contributed by atoms with E-state index in [1.54, 1.807) is 0 Å². The van der Waals surface area contributed by atoms with Crippen LogP contribution in [0, 0.1) is 35.5 Å². The van der Waals surface area contributed by atoms with Crippen LogP contribution in [0.25, 0.3) is 0 Å². The molecule has 0 aliphatic rings. The molecular weight excluding hydrogens is 360 g/mol. The Balaban J connectivity index is 4.47. The zero-order valence-electron chi connectivity index (χ0n) is 21.2. The Kier molecular flexibility index (Phi) is 12.1. The third-order valence-electron chi connectivity index (χ3n) is 6.60. The van der Waals surface area contributed by atoms with Crippen LogP contribution in [0.15, 0.2) is 0 Å². The van der Waals surface area contributed by atoms with E-state index in [4.69, 9.17) is 0 Å². The SMILES string of the molecule is CC(CC(=O)NC(C)(C)CC(C)NC(=O)CC(C)C(C)C(C)C)CC(C)C(C)C. The van der Waals surface area contributed by atoms with Crippen LogP contribution in [-0.2, 0) is 9.59 Å². The maximum Gasteiger partial charge on any atom is 0.220 e. The predicted molar refractivity (Wildman–Crippen MR) is 125 cm³/mol. The van der Waals surface area contributed by atoms with Crippen molar-refractivity contribution in [3.05, 3.63) is 0 Å². The first-order valence-electron chi connectivity index (χ1n) is 11.7. The van der Waals surface area contributed by atoms with Crippen molar-refractivity contribution in [2.75, 3.05) is 0 Å². The van der Waals surface area contributed by atoms with Crippen LogP contribution >= 0.6 is 0 Å². The van der Waals surface area contributed by atoms with Crippen molar-refractivity contribution in [2.45, 2.75) is 113 Å². The molecule has 0 heterocycles. The molecule has 0 saturated heterocycles. The molecule has 2 amide bonds. The molecule has 4 heteroatoms. The Labute approximate surface area is 181 Å². The molecule has 4 nitrogen and oxygen atoms in total. The van der Waals surface area contributed by atoms with E-state index in [0.29, 0.717) is 48.3 Å². The maximum absolute atomic E-state index is 12.5. The van der Waals surface area contributed by atoms with Gasteiger partial charge in [0, 0.05) is 24.4 Å². The van der Waals surface area contributed by atoms with Crippen LogP contribution < -0.4 is 10.6 Å². The Morgan fingerprint density at radius 3 is 1.79 bits per heavy atom. The Morgan fingerprint density at radius 2 is 1.31 bits per heavy atom. The van der Waals surface area contributed by atoms with Crippen molar-refractivity contribution in [2.24, 2.45) is 35.5 Å². The second-order valence-electron chi connectivity index (χ2n) is 11.2. The van der Waals surface area contributed by atoms with Gasteiger partial charge in [0.05, 0.1) is 0 Å². The fraction of sp³-hybridized carbons (Fsp3) is 0.920. The van der Waals surface area contributed by atoms with E-state index in [-0.39, 0.29) is 23.4 Å². The molecule has 0 aromatic rings. The van der Waals surface area contributed by atoms with Crippen molar-refractivity contribution in [1.29, 1.82) is 0 Å². The second kappa shape index (κ2) is 12.6. The Bertz CT molecular complexity index is 499. The van der Waals surface area contributed by atoms with Gasteiger partial charge >= 0.3 is 0 Å². The summed E-state index contributed by atoms with van der Waals surface area (Å²) in [5.41, 5.74) is -0.343. The van der Waals surface area contributed by atoms with Gasteiger partial charge in [-0.15, -0.1) is 0 Å². The highest BCUT2D eigenvalue weighted by Gasteiger charge is 2.26. The topological polar surface area (TPSA) is 58.2 Å². The zero-order valence-corrected chi connectivity index (χ0v) is 21.2. The summed E-state index contributed by atoms with van der Waals surface area (Å²) in [6.07, 6.45) is 2.91. The van der Waals surface area contributed by atoms with E-state index >= 15 is 0 Å². The molecule has 5 atom stereocenters. The lowest BCUT2D eigenvalue weighted by Gasteiger charge is -2.31. The van der Waals surface area contributed by atoms with Crippen molar-refractivity contribution in [3.8, 4) is 0 Å². The number of amides is 2. The highest BCUT2D eigenvalue weighted by molar-refractivity contribution is 5.77. The predicted octanol–water partition coefficient (Wildman–Crippen LogP) is 5.80. The van der Waals surface area contributed by atoms with Gasteiger partial charge in [-0.3, -0.25) is 9.59 Å². The summed E-state index contributed by atoms with van der Waals surface area (Å²) in [6, 6.07) is 0.0257. The fourth-order valence-electron chi connectivity index (χ4n) is 4.07. The minimum Gasteiger partial charge on any atom is -0.354 e. The summed E-state index contributed by atoms with van der Waals surface area (Å²) in [7, 11) is 0. The van der Waals surface area contributed by atoms with Gasteiger partial charge in [-0.25, -0.2) is 0 Å². The van der Waals surface area contributed by atoms with Crippen LogP contribution in [0.1, 0.15) is 102 Å². The van der Waals surface area contributed by atoms with Gasteiger partial charge in [0.1, 0.15) is 0 Å². The van der Waals surface area contributed by atoms with Gasteiger partial charge in [0.2, 0.25) is 11.8 Å². The van der Waals surface area contributed by atoms with E-state index in [0.717, 1.165) is 12.8 Å². The van der Waals surface area contributed by atoms with Gasteiger partial charge in [-0.05, 0) is 69.1 Å². The minimum absolute atomic E-state index is 0.0257. The van der Waals surface area contributed by atoms with Crippen molar-refractivity contribution < 1.29 is 9.59 Å². The van der Waals surface area contributed by atoms with Gasteiger partial charge in [0.15, 0.2) is 0 Å². The quantitative estimate of drug-likeness (QED) is 0.403. The van der Waals surface area contributed by atoms with Gasteiger partial charge in [0.25, 0.3) is 0 Å². The molecule has 0 aliphatic heterocycles. The monoisotopic (exact) mass is 410 g/mol. The van der Waals surface area contributed by atoms with Crippen LogP contribution in [0.2, 0.25) is 0 Å². The summed E-state index contributed by atoms with van der Waals surface area (Å²) in [6.45, 7) is 23.8. The van der Waals surface area contributed by atoms with Crippen LogP contribution in [-0.4, -0.2) is 23.4 Å². The summed E-state index contributed by atoms with van der Waals surface area (Å²) in [5, 5.41) is 6.30. The molecular formula is C25H50N2O2. The van der Waals surface area contributed by atoms with Gasteiger partial charge < -0.3 is 10.6 Å². The van der Waals surface area contributed by atoms with Crippen LogP contribution in [0.4, 0.5) is 0 Å². The lowest BCUT2D eigenvalue weighted by Crippen LogP contribution is -2.48. The number of hydrogen-bond acceptors (Lipinski definition) is 2. The molecule has 2 N–H and O–H groups in total. The third-order valence-corrected chi connectivity index (χ3v) is 6.60. The molecule has 0 bridgehead atoms. The molecule has 0 fully saturated rings. The van der Waals surface area contributed by atoms with Crippen LogP contribution in [0.5, 0.6) is 0 Å². The average Bonchev–Trinajstić information content (AvgIpc) is 2.51. The third kappa shape index (κ3) is 12.3. The lowest BCUT2D eigenvalue weighted by atomic mass is 9.84. The summed E-state index contributed by atoms with van der Waals surface area (Å²) >= 11 is 0. The molecule has 0 aromatic carbocycles. The minimum atomic E-state index is -0.343. The smallest absolute Gasteiger partial charge is 0.220 e. The first kappa shape index (κ1) is 27.9. The highest BCUT2D eigenvalue weighted by Crippen LogP contribution is 2.24. The van der Waals surface area contributed by atoms with E-state index < -0.39 is 0 Å². The molecule has 172 valence electrons. The van der Waals surface area contributed by atoms with Crippen molar-refractivity contribution in [3.63, 3.8) is 0 Å². The molecule has 0 aromatic heterocycles. The number of carbonyl (C=O) groups excluding carboxylic acids is 2. The van der Waals surface area contributed by atoms with E-state index in [1.165, 1.54) is 0 Å². The standard InChI is InChI=1S/C25H50N2O2/c1-16(2)19(6)12-18(5)13-24(29)27-25(10,11)15-21(8)26-23(28)14-20(7)22(9)17(3)4/h16-22H,12-15H2,1-11H3,(H,26,28)(H,27,29). The van der Waals surface area contributed by atoms with Crippen LogP contribution in [0.3, 0.4) is 0 Å². The van der Waals surface area contributed by atoms with Gasteiger partial charge in [-0.1, -0.05) is 55.4 Å².